The van der Waals surface area contributed by atoms with Crippen LogP contribution in [-0.4, -0.2) is 72.5 Å². The Morgan fingerprint density at radius 3 is 1.70 bits per heavy atom. The standard InChI is InChI=1S/C27H44N6S.2ClH.Mn.3H2/c1-3-33(4-2)15-16-34-23-17-21-19-30-26-11-7-5-9-24(26)28-13-14-29-25-10-6-8-12-27(25)31-20-22(18-23)32-21;;;;;;/h17-18,24-27H,3-16,19-20H2,1-2H3;2*1H;;3*1H/q-4;;;+2;;;/p-2/t24-,25?,26-,27?;;;;;;/m1....../s1. The maximum absolute atomic E-state index is 5.14. The van der Waals surface area contributed by atoms with Crippen molar-refractivity contribution in [3.05, 3.63) is 44.8 Å². The summed E-state index contributed by atoms with van der Waals surface area (Å²) in [4.78, 5) is 8.83. The number of pyridine rings is 1. The van der Waals surface area contributed by atoms with E-state index >= 15 is 0 Å². The molecular formula is C27H50Cl2MnN6S-4. The van der Waals surface area contributed by atoms with Crippen LogP contribution in [0, 0.1) is 0 Å². The molecule has 4 atom stereocenters. The molecule has 0 saturated heterocycles. The van der Waals surface area contributed by atoms with E-state index in [9.17, 15) is 0 Å². The normalized spacial score (nSPS) is 27.2. The fraction of sp³-hybridized carbons (Fsp3) is 0.815. The number of hydrogen-bond donors (Lipinski definition) is 0. The van der Waals surface area contributed by atoms with Crippen LogP contribution in [0.15, 0.2) is 17.0 Å². The van der Waals surface area contributed by atoms with Crippen LogP contribution in [0.1, 0.15) is 80.9 Å². The van der Waals surface area contributed by atoms with Gasteiger partial charge in [0.05, 0.1) is 0 Å². The fourth-order valence-electron chi connectivity index (χ4n) is 5.60. The van der Waals surface area contributed by atoms with E-state index in [4.69, 9.17) is 46.4 Å². The van der Waals surface area contributed by atoms with Crippen molar-refractivity contribution in [2.75, 3.05) is 38.5 Å². The van der Waals surface area contributed by atoms with Crippen molar-refractivity contribution in [1.82, 2.24) is 9.88 Å². The smallest absolute Gasteiger partial charge is 0 e. The molecule has 2 saturated carbocycles. The first-order chi connectivity index (χ1) is 18.2. The molecule has 4 rings (SSSR count). The fourth-order valence-corrected chi connectivity index (χ4v) is 6.62. The summed E-state index contributed by atoms with van der Waals surface area (Å²) in [5, 5.41) is 20.4. The third-order valence-electron chi connectivity index (χ3n) is 7.67. The van der Waals surface area contributed by atoms with Crippen LogP contribution in [0.3, 0.4) is 0 Å². The van der Waals surface area contributed by atoms with Gasteiger partial charge in [0.25, 0.3) is 0 Å². The maximum Gasteiger partial charge on any atom is 0 e. The number of halogens is 2. The van der Waals surface area contributed by atoms with Crippen LogP contribution in [0.2, 0.25) is 0 Å². The van der Waals surface area contributed by atoms with Gasteiger partial charge in [-0.2, -0.15) is 37.3 Å². The minimum Gasteiger partial charge on any atom is 0 e. The van der Waals surface area contributed by atoms with Crippen LogP contribution in [0.4, 0.5) is 0 Å². The molecule has 10 heteroatoms. The Kier molecular flexibility index (Phi) is 16.1. The summed E-state index contributed by atoms with van der Waals surface area (Å²) in [6.07, 6.45) is 9.78. The number of thioether (sulfide) groups is 1. The second-order valence-corrected chi connectivity index (χ2v) is 13.2. The first-order valence-electron chi connectivity index (χ1n) is 14.0. The molecule has 1 aromatic heterocycles. The predicted octanol–water partition coefficient (Wildman–Crippen LogP) is 8.76. The average Bonchev–Trinajstić information content (AvgIpc) is 2.92. The van der Waals surface area contributed by atoms with Crippen molar-refractivity contribution in [2.24, 2.45) is 0 Å². The molecule has 0 aromatic carbocycles. The van der Waals surface area contributed by atoms with E-state index in [1.165, 1.54) is 43.4 Å². The number of nitrogens with zero attached hydrogens (tertiary/aromatic N) is 6. The van der Waals surface area contributed by atoms with Crippen molar-refractivity contribution in [2.45, 2.75) is 107 Å². The second-order valence-electron chi connectivity index (χ2n) is 10.0. The van der Waals surface area contributed by atoms with Crippen LogP contribution >= 0.6 is 32.0 Å². The Labute approximate surface area is 249 Å². The molecule has 2 unspecified atom stereocenters. The van der Waals surface area contributed by atoms with Crippen LogP contribution in [0.25, 0.3) is 21.3 Å². The summed E-state index contributed by atoms with van der Waals surface area (Å²) >= 11 is 1.96. The van der Waals surface area contributed by atoms with Gasteiger partial charge in [-0.15, -0.1) is 24.9 Å². The van der Waals surface area contributed by atoms with Crippen molar-refractivity contribution >= 4 is 32.0 Å². The molecule has 37 heavy (non-hydrogen) atoms. The van der Waals surface area contributed by atoms with E-state index in [-0.39, 0.29) is 17.4 Å². The summed E-state index contributed by atoms with van der Waals surface area (Å²) in [5.41, 5.74) is 2.20. The zero-order valence-corrected chi connectivity index (χ0v) is 26.0. The van der Waals surface area contributed by atoms with Gasteiger partial charge in [-0.3, -0.25) is 4.98 Å². The van der Waals surface area contributed by atoms with Crippen molar-refractivity contribution < 1.29 is 17.4 Å². The van der Waals surface area contributed by atoms with E-state index < -0.39 is 0 Å². The van der Waals surface area contributed by atoms with Gasteiger partial charge in [0.15, 0.2) is 0 Å². The minimum absolute atomic E-state index is 0. The van der Waals surface area contributed by atoms with E-state index in [1.807, 2.05) is 11.8 Å². The summed E-state index contributed by atoms with van der Waals surface area (Å²) in [5.74, 6) is 1.10. The molecule has 0 spiro atoms. The summed E-state index contributed by atoms with van der Waals surface area (Å²) in [6, 6.07) is 5.96. The largest absolute Gasteiger partial charge is 0 e. The van der Waals surface area contributed by atoms with Gasteiger partial charge in [0, 0.05) is 32.9 Å². The Balaban J connectivity index is 0.00000243. The topological polar surface area (TPSA) is 72.5 Å². The summed E-state index contributed by atoms with van der Waals surface area (Å²) < 4.78 is 0. The molecule has 2 aliphatic carbocycles. The Morgan fingerprint density at radius 1 is 0.838 bits per heavy atom. The molecule has 0 amide bonds. The van der Waals surface area contributed by atoms with Gasteiger partial charge in [-0.1, -0.05) is 65.2 Å². The molecule has 6 nitrogen and oxygen atoms in total. The summed E-state index contributed by atoms with van der Waals surface area (Å²) in [6.45, 7) is 10.9. The second kappa shape index (κ2) is 18.7. The predicted molar refractivity (Wildman–Crippen MR) is 163 cm³/mol. The molecular weight excluding hydrogens is 566 g/mol. The van der Waals surface area contributed by atoms with Crippen LogP contribution < -0.4 is 0 Å². The number of rotatable bonds is 6. The number of fused-ring (bicyclic) bond motifs is 4. The van der Waals surface area contributed by atoms with Gasteiger partial charge in [-0.25, -0.2) is 0 Å². The van der Waals surface area contributed by atoms with Gasteiger partial charge in [0.1, 0.15) is 0 Å². The Hall–Kier alpha value is 0.399. The van der Waals surface area contributed by atoms with E-state index in [0.29, 0.717) is 37.3 Å². The molecule has 0 radical (unpaired) electrons. The molecule has 1 aliphatic heterocycles. The zero-order valence-electron chi connectivity index (χ0n) is 22.5. The Bertz CT molecular complexity index is 727. The van der Waals surface area contributed by atoms with Gasteiger partial charge >= 0.3 is 33.3 Å². The van der Waals surface area contributed by atoms with Crippen LogP contribution in [-0.2, 0) is 26.2 Å². The minimum atomic E-state index is 0. The van der Waals surface area contributed by atoms with Crippen molar-refractivity contribution in [3.8, 4) is 0 Å². The number of hydrogen-bond acceptors (Lipinski definition) is 3. The molecule has 3 aliphatic rings. The first kappa shape index (κ1) is 31.9. The van der Waals surface area contributed by atoms with E-state index in [1.54, 1.807) is 0 Å². The van der Waals surface area contributed by atoms with E-state index in [2.05, 4.69) is 30.9 Å². The van der Waals surface area contributed by atoms with Gasteiger partial charge in [-0.05, 0) is 25.2 Å². The third-order valence-corrected chi connectivity index (χ3v) is 8.62. The van der Waals surface area contributed by atoms with Crippen molar-refractivity contribution in [3.63, 3.8) is 0 Å². The van der Waals surface area contributed by atoms with Crippen LogP contribution in [0.5, 0.6) is 0 Å². The molecule has 2 heterocycles. The Morgan fingerprint density at radius 2 is 1.27 bits per heavy atom. The molecule has 219 valence electrons. The quantitative estimate of drug-likeness (QED) is 0.237. The molecule has 2 bridgehead atoms. The average molecular weight is 617 g/mol. The molecule has 0 N–H and O–H groups in total. The number of aromatic nitrogens is 1. The third kappa shape index (κ3) is 11.4. The molecule has 1 aromatic rings. The van der Waals surface area contributed by atoms with E-state index in [0.717, 1.165) is 62.7 Å². The van der Waals surface area contributed by atoms with Gasteiger partial charge in [0.2, 0.25) is 0 Å². The van der Waals surface area contributed by atoms with Gasteiger partial charge < -0.3 is 26.2 Å². The first-order valence-corrected chi connectivity index (χ1v) is 18.3. The monoisotopic (exact) mass is 615 g/mol. The zero-order chi connectivity index (χ0) is 26.3. The van der Waals surface area contributed by atoms with Crippen molar-refractivity contribution in [1.29, 1.82) is 0 Å². The SMILES string of the molecule is CCN(CC)CCSc1cc2nc(c1)C[N-][C@@H]1CCCC[C@H]1[N-]CC[N-]C1CCCCC1[N-]C2.[Cl][Mn][Cl].[HH].[HH].[HH]. The summed E-state index contributed by atoms with van der Waals surface area (Å²) in [7, 11) is 9.59. The molecule has 2 fully saturated rings. The maximum atomic E-state index is 5.14.